The summed E-state index contributed by atoms with van der Waals surface area (Å²) in [6.45, 7) is 4.79. The molecule has 0 radical (unpaired) electrons. The van der Waals surface area contributed by atoms with E-state index in [1.165, 1.54) is 0 Å². The Hall–Kier alpha value is -1.33. The Bertz CT molecular complexity index is 179. The molecule has 0 aliphatic carbocycles. The van der Waals surface area contributed by atoms with E-state index in [0.717, 1.165) is 0 Å². The standard InChI is InChI=1S/C7H14N2O4/c1-3-8(4-2)7(10)5-6-13-9(11)12/h3-6H2,1-2H3. The minimum absolute atomic E-state index is 0.0582. The van der Waals surface area contributed by atoms with Crippen molar-refractivity contribution in [3.63, 3.8) is 0 Å². The summed E-state index contributed by atoms with van der Waals surface area (Å²) in [4.78, 5) is 26.6. The molecule has 0 spiro atoms. The van der Waals surface area contributed by atoms with Crippen LogP contribution in [0.2, 0.25) is 0 Å². The average Bonchev–Trinajstić information content (AvgIpc) is 2.05. The highest BCUT2D eigenvalue weighted by Crippen LogP contribution is 1.94. The molecule has 0 heterocycles. The molecule has 0 aromatic rings. The van der Waals surface area contributed by atoms with Crippen LogP contribution in [0, 0.1) is 10.1 Å². The molecule has 0 saturated carbocycles. The Balaban J connectivity index is 3.66. The summed E-state index contributed by atoms with van der Waals surface area (Å²) in [6.07, 6.45) is 0.0582. The van der Waals surface area contributed by atoms with Gasteiger partial charge in [0, 0.05) is 13.1 Å². The Morgan fingerprint density at radius 1 is 1.46 bits per heavy atom. The molecule has 0 unspecified atom stereocenters. The van der Waals surface area contributed by atoms with Crippen LogP contribution < -0.4 is 0 Å². The molecule has 0 fully saturated rings. The largest absolute Gasteiger partial charge is 0.343 e. The highest BCUT2D eigenvalue weighted by Gasteiger charge is 2.09. The number of amides is 1. The third-order valence-electron chi connectivity index (χ3n) is 1.63. The van der Waals surface area contributed by atoms with Crippen LogP contribution in [0.15, 0.2) is 0 Å². The van der Waals surface area contributed by atoms with E-state index in [9.17, 15) is 14.9 Å². The third-order valence-corrected chi connectivity index (χ3v) is 1.63. The molecule has 0 atom stereocenters. The summed E-state index contributed by atoms with van der Waals surface area (Å²) in [5.74, 6) is -0.119. The van der Waals surface area contributed by atoms with Gasteiger partial charge in [-0.1, -0.05) is 0 Å². The van der Waals surface area contributed by atoms with Crippen LogP contribution in [0.25, 0.3) is 0 Å². The first-order valence-electron chi connectivity index (χ1n) is 4.16. The molecule has 0 saturated heterocycles. The first kappa shape index (κ1) is 11.7. The molecule has 6 nitrogen and oxygen atoms in total. The molecule has 0 aliphatic rings. The third kappa shape index (κ3) is 5.00. The second-order valence-electron chi connectivity index (χ2n) is 2.37. The number of nitrogens with zero attached hydrogens (tertiary/aromatic N) is 2. The van der Waals surface area contributed by atoms with Gasteiger partial charge in [0.05, 0.1) is 6.42 Å². The number of hydrogen-bond donors (Lipinski definition) is 0. The number of carbonyl (C=O) groups excluding carboxylic acids is 1. The first-order chi connectivity index (χ1) is 6.11. The van der Waals surface area contributed by atoms with Gasteiger partial charge in [0.2, 0.25) is 5.91 Å². The van der Waals surface area contributed by atoms with Crippen molar-refractivity contribution in [1.82, 2.24) is 4.90 Å². The lowest BCUT2D eigenvalue weighted by atomic mass is 10.3. The predicted molar refractivity (Wildman–Crippen MR) is 45.5 cm³/mol. The van der Waals surface area contributed by atoms with Crippen LogP contribution in [0.5, 0.6) is 0 Å². The fourth-order valence-electron chi connectivity index (χ4n) is 0.942. The Morgan fingerprint density at radius 2 is 2.00 bits per heavy atom. The number of rotatable bonds is 6. The van der Waals surface area contributed by atoms with E-state index in [4.69, 9.17) is 0 Å². The van der Waals surface area contributed by atoms with Crippen LogP contribution >= 0.6 is 0 Å². The van der Waals surface area contributed by atoms with Gasteiger partial charge in [-0.3, -0.25) is 4.79 Å². The topological polar surface area (TPSA) is 72.7 Å². The smallest absolute Gasteiger partial charge is 0.294 e. The van der Waals surface area contributed by atoms with Gasteiger partial charge < -0.3 is 9.74 Å². The molecule has 0 N–H and O–H groups in total. The molecule has 76 valence electrons. The van der Waals surface area contributed by atoms with Crippen molar-refractivity contribution in [3.05, 3.63) is 10.1 Å². The van der Waals surface area contributed by atoms with Gasteiger partial charge in [-0.05, 0) is 13.8 Å². The highest BCUT2D eigenvalue weighted by molar-refractivity contribution is 5.76. The molecule has 1 amide bonds. The second kappa shape index (κ2) is 6.22. The lowest BCUT2D eigenvalue weighted by Gasteiger charge is -2.17. The van der Waals surface area contributed by atoms with Gasteiger partial charge in [0.15, 0.2) is 0 Å². The molecule has 0 aromatic heterocycles. The Morgan fingerprint density at radius 3 is 2.38 bits per heavy atom. The molecule has 0 aliphatic heterocycles. The van der Waals surface area contributed by atoms with Crippen LogP contribution in [0.4, 0.5) is 0 Å². The fraction of sp³-hybridized carbons (Fsp3) is 0.857. The van der Waals surface area contributed by atoms with Crippen molar-refractivity contribution < 1.29 is 14.7 Å². The van der Waals surface area contributed by atoms with Crippen LogP contribution in [-0.2, 0) is 9.63 Å². The van der Waals surface area contributed by atoms with Crippen LogP contribution in [-0.4, -0.2) is 35.6 Å². The van der Waals surface area contributed by atoms with E-state index in [1.807, 2.05) is 13.8 Å². The van der Waals surface area contributed by atoms with Crippen molar-refractivity contribution in [1.29, 1.82) is 0 Å². The summed E-state index contributed by atoms with van der Waals surface area (Å²) in [5, 5.41) is 8.85. The zero-order chi connectivity index (χ0) is 10.3. The molecule has 0 bridgehead atoms. The van der Waals surface area contributed by atoms with Crippen molar-refractivity contribution in [3.8, 4) is 0 Å². The molecule has 0 rings (SSSR count). The summed E-state index contributed by atoms with van der Waals surface area (Å²) in [7, 11) is 0. The lowest BCUT2D eigenvalue weighted by Crippen LogP contribution is -2.31. The summed E-state index contributed by atoms with van der Waals surface area (Å²) in [5.41, 5.74) is 0. The maximum Gasteiger partial charge on any atom is 0.294 e. The van der Waals surface area contributed by atoms with Crippen LogP contribution in [0.1, 0.15) is 20.3 Å². The normalized spacial score (nSPS) is 9.38. The van der Waals surface area contributed by atoms with Crippen LogP contribution in [0.3, 0.4) is 0 Å². The summed E-state index contributed by atoms with van der Waals surface area (Å²) in [6, 6.07) is 0. The molecular weight excluding hydrogens is 176 g/mol. The monoisotopic (exact) mass is 190 g/mol. The zero-order valence-electron chi connectivity index (χ0n) is 7.86. The van der Waals surface area contributed by atoms with Gasteiger partial charge in [0.25, 0.3) is 5.09 Å². The van der Waals surface area contributed by atoms with E-state index >= 15 is 0 Å². The van der Waals surface area contributed by atoms with E-state index in [0.29, 0.717) is 13.1 Å². The quantitative estimate of drug-likeness (QED) is 0.450. The molecule has 13 heavy (non-hydrogen) atoms. The highest BCUT2D eigenvalue weighted by atomic mass is 16.9. The van der Waals surface area contributed by atoms with E-state index in [2.05, 4.69) is 4.84 Å². The maximum absolute atomic E-state index is 11.2. The van der Waals surface area contributed by atoms with Gasteiger partial charge in [-0.15, -0.1) is 10.1 Å². The first-order valence-corrected chi connectivity index (χ1v) is 4.16. The van der Waals surface area contributed by atoms with Gasteiger partial charge in [0.1, 0.15) is 6.61 Å². The molecular formula is C7H14N2O4. The van der Waals surface area contributed by atoms with Gasteiger partial charge in [-0.2, -0.15) is 0 Å². The maximum atomic E-state index is 11.2. The summed E-state index contributed by atoms with van der Waals surface area (Å²) >= 11 is 0. The van der Waals surface area contributed by atoms with E-state index < -0.39 is 5.09 Å². The minimum atomic E-state index is -0.893. The van der Waals surface area contributed by atoms with Crippen molar-refractivity contribution in [2.24, 2.45) is 0 Å². The number of carbonyl (C=O) groups is 1. The minimum Gasteiger partial charge on any atom is -0.343 e. The van der Waals surface area contributed by atoms with Crippen molar-refractivity contribution in [2.45, 2.75) is 20.3 Å². The zero-order valence-corrected chi connectivity index (χ0v) is 7.86. The van der Waals surface area contributed by atoms with E-state index in [1.54, 1.807) is 4.90 Å². The SMILES string of the molecule is CCN(CC)C(=O)CCO[N+](=O)[O-]. The van der Waals surface area contributed by atoms with Crippen molar-refractivity contribution >= 4 is 5.91 Å². The second-order valence-corrected chi connectivity index (χ2v) is 2.37. The average molecular weight is 190 g/mol. The molecule has 6 heteroatoms. The fourth-order valence-corrected chi connectivity index (χ4v) is 0.942. The lowest BCUT2D eigenvalue weighted by molar-refractivity contribution is -0.757. The summed E-state index contributed by atoms with van der Waals surface area (Å²) < 4.78 is 0. The van der Waals surface area contributed by atoms with Gasteiger partial charge >= 0.3 is 0 Å². The van der Waals surface area contributed by atoms with Gasteiger partial charge in [-0.25, -0.2) is 0 Å². The van der Waals surface area contributed by atoms with E-state index in [-0.39, 0.29) is 18.9 Å². The number of hydrogen-bond acceptors (Lipinski definition) is 4. The molecule has 0 aromatic carbocycles. The van der Waals surface area contributed by atoms with Crippen molar-refractivity contribution in [2.75, 3.05) is 19.7 Å². The predicted octanol–water partition coefficient (Wildman–Crippen LogP) is 0.453. The Kier molecular flexibility index (Phi) is 5.58. The Labute approximate surface area is 76.6 Å².